The van der Waals surface area contributed by atoms with E-state index in [2.05, 4.69) is 22.5 Å². The highest BCUT2D eigenvalue weighted by Crippen LogP contribution is 2.15. The van der Waals surface area contributed by atoms with Gasteiger partial charge in [-0.2, -0.15) is 0 Å². The van der Waals surface area contributed by atoms with Crippen molar-refractivity contribution >= 4 is 29.1 Å². The summed E-state index contributed by atoms with van der Waals surface area (Å²) in [6, 6.07) is 7.73. The van der Waals surface area contributed by atoms with Gasteiger partial charge in [0.05, 0.1) is 4.92 Å². The Morgan fingerprint density at radius 2 is 1.53 bits per heavy atom. The molecular formula is C20H28N6O8. The second-order valence-corrected chi connectivity index (χ2v) is 6.97. The second kappa shape index (κ2) is 13.4. The molecule has 14 nitrogen and oxygen atoms in total. The first-order valence-electron chi connectivity index (χ1n) is 10.2. The van der Waals surface area contributed by atoms with Gasteiger partial charge in [-0.25, -0.2) is 14.4 Å². The van der Waals surface area contributed by atoms with Gasteiger partial charge in [0.1, 0.15) is 5.82 Å². The Hall–Kier alpha value is -4.20. The van der Waals surface area contributed by atoms with Crippen molar-refractivity contribution in [2.45, 2.75) is 6.92 Å². The monoisotopic (exact) mass is 480 g/mol. The number of hydrogen-bond acceptors (Lipinski definition) is 9. The number of nitrogens with one attached hydrogen (secondary N) is 2. The van der Waals surface area contributed by atoms with E-state index in [9.17, 15) is 19.7 Å². The fourth-order valence-corrected chi connectivity index (χ4v) is 2.73. The van der Waals surface area contributed by atoms with E-state index >= 15 is 0 Å². The molecule has 14 heteroatoms. The van der Waals surface area contributed by atoms with Gasteiger partial charge in [-0.1, -0.05) is 6.92 Å². The van der Waals surface area contributed by atoms with Crippen LogP contribution >= 0.6 is 0 Å². The highest BCUT2D eigenvalue weighted by Gasteiger charge is 2.08. The molecule has 0 fully saturated rings. The zero-order valence-electron chi connectivity index (χ0n) is 19.1. The molecule has 4 N–H and O–H groups in total. The SMILES string of the molecule is CCN(CCNc1ccc([N+](=O)[O-])cc1)CCNc1cc(=O)n(C)c(=O)n1C.O=C(O)C(=O)O. The van der Waals surface area contributed by atoms with Crippen LogP contribution in [0.2, 0.25) is 0 Å². The Morgan fingerprint density at radius 1 is 1.00 bits per heavy atom. The van der Waals surface area contributed by atoms with Crippen molar-refractivity contribution in [2.75, 3.05) is 43.4 Å². The summed E-state index contributed by atoms with van der Waals surface area (Å²) in [6.07, 6.45) is 0. The molecule has 34 heavy (non-hydrogen) atoms. The fourth-order valence-electron chi connectivity index (χ4n) is 2.73. The molecule has 0 aliphatic carbocycles. The van der Waals surface area contributed by atoms with Crippen LogP contribution in [0.3, 0.4) is 0 Å². The van der Waals surface area contributed by atoms with E-state index in [1.165, 1.54) is 29.8 Å². The molecule has 2 rings (SSSR count). The number of nitro benzene ring substituents is 1. The Bertz CT molecular complexity index is 1100. The predicted octanol–water partition coefficient (Wildman–Crippen LogP) is -0.00630. The van der Waals surface area contributed by atoms with E-state index in [1.54, 1.807) is 19.2 Å². The number of nitrogens with zero attached hydrogens (tertiary/aromatic N) is 4. The van der Waals surface area contributed by atoms with Gasteiger partial charge in [0.15, 0.2) is 0 Å². The number of non-ortho nitro benzene ring substituents is 1. The number of aliphatic carboxylic acids is 2. The van der Waals surface area contributed by atoms with Crippen LogP contribution in [-0.4, -0.2) is 73.8 Å². The quantitative estimate of drug-likeness (QED) is 0.203. The normalized spacial score (nSPS) is 10.2. The smallest absolute Gasteiger partial charge is 0.414 e. The van der Waals surface area contributed by atoms with Crippen molar-refractivity contribution < 1.29 is 24.7 Å². The topological polar surface area (TPSA) is 189 Å². The summed E-state index contributed by atoms with van der Waals surface area (Å²) in [7, 11) is 3.07. The van der Waals surface area contributed by atoms with Crippen LogP contribution in [0.4, 0.5) is 17.2 Å². The Kier molecular flexibility index (Phi) is 10.9. The maximum atomic E-state index is 11.9. The summed E-state index contributed by atoms with van der Waals surface area (Å²) < 4.78 is 2.47. The molecule has 0 atom stereocenters. The molecule has 0 bridgehead atoms. The molecule has 0 amide bonds. The van der Waals surface area contributed by atoms with Gasteiger partial charge in [0.2, 0.25) is 0 Å². The minimum atomic E-state index is -1.82. The molecule has 0 aliphatic rings. The number of rotatable bonds is 10. The predicted molar refractivity (Wildman–Crippen MR) is 124 cm³/mol. The molecule has 1 aromatic carbocycles. The third-order valence-electron chi connectivity index (χ3n) is 4.73. The summed E-state index contributed by atoms with van der Waals surface area (Å²) in [5.41, 5.74) is 0.187. The van der Waals surface area contributed by atoms with Gasteiger partial charge in [-0.05, 0) is 18.7 Å². The van der Waals surface area contributed by atoms with E-state index < -0.39 is 16.9 Å². The third-order valence-corrected chi connectivity index (χ3v) is 4.73. The van der Waals surface area contributed by atoms with E-state index in [0.29, 0.717) is 18.9 Å². The zero-order chi connectivity index (χ0) is 25.8. The minimum Gasteiger partial charge on any atom is -0.473 e. The van der Waals surface area contributed by atoms with Crippen molar-refractivity contribution in [2.24, 2.45) is 14.1 Å². The second-order valence-electron chi connectivity index (χ2n) is 6.97. The van der Waals surface area contributed by atoms with E-state index in [0.717, 1.165) is 29.9 Å². The fraction of sp³-hybridized carbons (Fsp3) is 0.400. The van der Waals surface area contributed by atoms with E-state index in [1.807, 2.05) is 0 Å². The number of anilines is 2. The zero-order valence-corrected chi connectivity index (χ0v) is 19.1. The lowest BCUT2D eigenvalue weighted by molar-refractivity contribution is -0.384. The summed E-state index contributed by atoms with van der Waals surface area (Å²) in [6.45, 7) is 5.70. The molecule has 0 aliphatic heterocycles. The van der Waals surface area contributed by atoms with Gasteiger partial charge in [0, 0.05) is 64.2 Å². The maximum Gasteiger partial charge on any atom is 0.414 e. The molecule has 2 aromatic rings. The van der Waals surface area contributed by atoms with Crippen LogP contribution in [0.5, 0.6) is 0 Å². The highest BCUT2D eigenvalue weighted by atomic mass is 16.6. The van der Waals surface area contributed by atoms with Crippen LogP contribution in [0.15, 0.2) is 39.9 Å². The number of hydrogen-bond donors (Lipinski definition) is 4. The standard InChI is InChI=1S/C18H26N6O4.C2H2O4/c1-4-23(11-9-19-14-5-7-15(8-6-14)24(27)28)12-10-20-16-13-17(25)22(3)18(26)21(16)2;3-1(4)2(5)6/h5-8,13,19-20H,4,9-12H2,1-3H3;(H,3,4)(H,5,6). The van der Waals surface area contributed by atoms with Crippen molar-refractivity contribution in [1.29, 1.82) is 0 Å². The van der Waals surface area contributed by atoms with Gasteiger partial charge in [-0.15, -0.1) is 0 Å². The number of carbonyl (C=O) groups is 2. The van der Waals surface area contributed by atoms with Gasteiger partial charge >= 0.3 is 17.6 Å². The Labute approximate surface area is 194 Å². The minimum absolute atomic E-state index is 0.0666. The molecule has 1 heterocycles. The van der Waals surface area contributed by atoms with Gasteiger partial charge in [0.25, 0.3) is 11.2 Å². The number of aromatic nitrogens is 2. The first-order valence-corrected chi connectivity index (χ1v) is 10.2. The molecule has 1 aromatic heterocycles. The Balaban J connectivity index is 0.000000852. The molecule has 0 saturated carbocycles. The van der Waals surface area contributed by atoms with Crippen molar-refractivity contribution in [3.05, 3.63) is 61.3 Å². The highest BCUT2D eigenvalue weighted by molar-refractivity contribution is 6.27. The largest absolute Gasteiger partial charge is 0.473 e. The summed E-state index contributed by atoms with van der Waals surface area (Å²) >= 11 is 0. The summed E-state index contributed by atoms with van der Waals surface area (Å²) in [4.78, 5) is 54.3. The van der Waals surface area contributed by atoms with Gasteiger partial charge < -0.3 is 25.7 Å². The maximum absolute atomic E-state index is 11.9. The van der Waals surface area contributed by atoms with Crippen LogP contribution in [0, 0.1) is 10.1 Å². The lowest BCUT2D eigenvalue weighted by atomic mass is 10.3. The van der Waals surface area contributed by atoms with Crippen LogP contribution in [0.1, 0.15) is 6.92 Å². The molecule has 0 radical (unpaired) electrons. The number of benzene rings is 1. The summed E-state index contributed by atoms with van der Waals surface area (Å²) in [5.74, 6) is -3.15. The lowest BCUT2D eigenvalue weighted by Gasteiger charge is -2.21. The van der Waals surface area contributed by atoms with Crippen LogP contribution in [0.25, 0.3) is 0 Å². The van der Waals surface area contributed by atoms with Gasteiger partial charge in [-0.3, -0.25) is 24.0 Å². The molecule has 186 valence electrons. The van der Waals surface area contributed by atoms with Crippen LogP contribution < -0.4 is 21.9 Å². The molecular weight excluding hydrogens is 452 g/mol. The molecule has 0 saturated heterocycles. The first-order chi connectivity index (χ1) is 16.0. The molecule has 0 unspecified atom stereocenters. The average molecular weight is 480 g/mol. The van der Waals surface area contributed by atoms with Crippen molar-refractivity contribution in [3.8, 4) is 0 Å². The number of carboxylic acids is 2. The summed E-state index contributed by atoms with van der Waals surface area (Å²) in [5, 5.41) is 31.8. The van der Waals surface area contributed by atoms with Crippen molar-refractivity contribution in [3.63, 3.8) is 0 Å². The molecule has 0 spiro atoms. The number of nitro groups is 1. The van der Waals surface area contributed by atoms with Crippen LogP contribution in [-0.2, 0) is 23.7 Å². The van der Waals surface area contributed by atoms with Crippen molar-refractivity contribution in [1.82, 2.24) is 14.0 Å². The number of likely N-dealkylation sites (N-methyl/N-ethyl adjacent to an activating group) is 1. The van der Waals surface area contributed by atoms with E-state index in [4.69, 9.17) is 19.8 Å². The third kappa shape index (κ3) is 8.74. The number of carboxylic acid groups (broad SMARTS) is 2. The van der Waals surface area contributed by atoms with E-state index in [-0.39, 0.29) is 16.9 Å². The average Bonchev–Trinajstić information content (AvgIpc) is 2.80. The first kappa shape index (κ1) is 27.8. The lowest BCUT2D eigenvalue weighted by Crippen LogP contribution is -2.38. The Morgan fingerprint density at radius 3 is 2.00 bits per heavy atom.